The lowest BCUT2D eigenvalue weighted by Crippen LogP contribution is -2.61. The Hall–Kier alpha value is -8.54. The summed E-state index contributed by atoms with van der Waals surface area (Å²) in [6.07, 6.45) is 4.87. The Kier molecular flexibility index (Phi) is 9.43. The van der Waals surface area contributed by atoms with Gasteiger partial charge >= 0.3 is 0 Å². The quantitative estimate of drug-likeness (QED) is 0.154. The molecular weight excluding hydrogens is 908 g/mol. The largest absolute Gasteiger partial charge is 0.372 e. The van der Waals surface area contributed by atoms with Crippen molar-refractivity contribution in [3.63, 3.8) is 0 Å². The highest BCUT2D eigenvalue weighted by molar-refractivity contribution is 7.00. The van der Waals surface area contributed by atoms with Crippen LogP contribution in [0.4, 0.5) is 45.5 Å². The standard InChI is InChI=1S/C70H55BN4/c1-46-32-35-65-61(40-46)71-62-45-60-56(54-27-9-13-29-58(54)70(60)57-28-12-8-26-53(57)55-34-33-49(41-59(55)70)72-36-16-17-37-72)44-66(62)75(64-31-15-11-25-52(64)48-22-6-3-7-23-48)68-43-50(73-38-18-19-39-73)42-67(69(68)71)74(65)63-30-14-10-24-51(63)47-20-4-2-5-21-47/h2-15,20-35,40-45H,16-19,36-39H2,1H3. The zero-order chi connectivity index (χ0) is 49.4. The summed E-state index contributed by atoms with van der Waals surface area (Å²) in [4.78, 5) is 10.6. The third kappa shape index (κ3) is 6.13. The van der Waals surface area contributed by atoms with Crippen LogP contribution in [-0.4, -0.2) is 32.9 Å². The Morgan fingerprint density at radius 1 is 0.333 bits per heavy atom. The van der Waals surface area contributed by atoms with Crippen LogP contribution < -0.4 is 36.0 Å². The Labute approximate surface area is 440 Å². The van der Waals surface area contributed by atoms with E-state index in [1.54, 1.807) is 0 Å². The Morgan fingerprint density at radius 2 is 0.813 bits per heavy atom. The first-order chi connectivity index (χ1) is 37.1. The zero-order valence-corrected chi connectivity index (χ0v) is 42.3. The van der Waals surface area contributed by atoms with Gasteiger partial charge in [0.25, 0.3) is 6.71 Å². The van der Waals surface area contributed by atoms with Crippen molar-refractivity contribution in [3.05, 3.63) is 246 Å². The van der Waals surface area contributed by atoms with Crippen molar-refractivity contribution in [2.75, 3.05) is 45.8 Å². The molecule has 0 amide bonds. The lowest BCUT2D eigenvalue weighted by molar-refractivity contribution is 0.793. The van der Waals surface area contributed by atoms with Crippen molar-refractivity contribution in [2.45, 2.75) is 38.0 Å². The van der Waals surface area contributed by atoms with E-state index in [9.17, 15) is 0 Å². The van der Waals surface area contributed by atoms with Gasteiger partial charge in [-0.15, -0.1) is 0 Å². The van der Waals surface area contributed by atoms with Gasteiger partial charge in [-0.05, 0) is 153 Å². The van der Waals surface area contributed by atoms with Crippen molar-refractivity contribution in [3.8, 4) is 44.5 Å². The van der Waals surface area contributed by atoms with Gasteiger partial charge in [0, 0.05) is 71.4 Å². The van der Waals surface area contributed by atoms with Crippen LogP contribution in [-0.2, 0) is 5.41 Å². The van der Waals surface area contributed by atoms with E-state index in [0.717, 1.165) is 26.2 Å². The van der Waals surface area contributed by atoms with E-state index in [1.807, 2.05) is 0 Å². The first-order valence-corrected chi connectivity index (χ1v) is 27.3. The highest BCUT2D eigenvalue weighted by atomic mass is 15.2. The van der Waals surface area contributed by atoms with Gasteiger partial charge in [-0.25, -0.2) is 0 Å². The van der Waals surface area contributed by atoms with Crippen molar-refractivity contribution >= 4 is 68.6 Å². The molecule has 75 heavy (non-hydrogen) atoms. The minimum atomic E-state index is -0.511. The molecule has 16 rings (SSSR count). The van der Waals surface area contributed by atoms with Crippen LogP contribution in [0.25, 0.3) is 44.5 Å². The zero-order valence-electron chi connectivity index (χ0n) is 42.3. The van der Waals surface area contributed by atoms with Crippen molar-refractivity contribution in [1.29, 1.82) is 0 Å². The van der Waals surface area contributed by atoms with E-state index in [2.05, 4.69) is 245 Å². The molecule has 5 heteroatoms. The number of benzene rings is 10. The lowest BCUT2D eigenvalue weighted by atomic mass is 9.33. The van der Waals surface area contributed by atoms with Crippen LogP contribution in [0, 0.1) is 6.92 Å². The minimum Gasteiger partial charge on any atom is -0.372 e. The summed E-state index contributed by atoms with van der Waals surface area (Å²) in [6.45, 7) is 6.52. The van der Waals surface area contributed by atoms with Gasteiger partial charge in [0.15, 0.2) is 0 Å². The molecule has 4 aliphatic heterocycles. The maximum Gasteiger partial charge on any atom is 0.252 e. The number of hydrogen-bond acceptors (Lipinski definition) is 4. The van der Waals surface area contributed by atoms with E-state index in [1.165, 1.54) is 160 Å². The molecule has 358 valence electrons. The summed E-state index contributed by atoms with van der Waals surface area (Å²) in [5, 5.41) is 0. The topological polar surface area (TPSA) is 13.0 Å². The van der Waals surface area contributed by atoms with Gasteiger partial charge in [0.2, 0.25) is 0 Å². The number of aryl methyl sites for hydroxylation is 1. The second-order valence-corrected chi connectivity index (χ2v) is 21.7. The summed E-state index contributed by atoms with van der Waals surface area (Å²) < 4.78 is 0. The number of hydrogen-bond donors (Lipinski definition) is 0. The monoisotopic (exact) mass is 962 g/mol. The Bertz CT molecular complexity index is 3960. The fourth-order valence-corrected chi connectivity index (χ4v) is 14.6. The second-order valence-electron chi connectivity index (χ2n) is 21.7. The molecule has 4 heterocycles. The predicted molar refractivity (Wildman–Crippen MR) is 315 cm³/mol. The molecule has 2 fully saturated rings. The molecule has 10 aromatic rings. The number of rotatable bonds is 6. The van der Waals surface area contributed by atoms with E-state index in [-0.39, 0.29) is 6.71 Å². The van der Waals surface area contributed by atoms with Crippen LogP contribution >= 0.6 is 0 Å². The van der Waals surface area contributed by atoms with Gasteiger partial charge in [0.1, 0.15) is 0 Å². The first kappa shape index (κ1) is 42.9. The van der Waals surface area contributed by atoms with Crippen LogP contribution in [0.1, 0.15) is 53.5 Å². The molecule has 0 bridgehead atoms. The van der Waals surface area contributed by atoms with E-state index in [0.29, 0.717) is 0 Å². The molecule has 1 unspecified atom stereocenters. The van der Waals surface area contributed by atoms with Gasteiger partial charge in [0.05, 0.1) is 16.8 Å². The smallest absolute Gasteiger partial charge is 0.252 e. The summed E-state index contributed by atoms with van der Waals surface area (Å²) in [5.74, 6) is 0. The van der Waals surface area contributed by atoms with Crippen LogP contribution in [0.2, 0.25) is 0 Å². The van der Waals surface area contributed by atoms with Crippen LogP contribution in [0.5, 0.6) is 0 Å². The lowest BCUT2D eigenvalue weighted by Gasteiger charge is -2.46. The van der Waals surface area contributed by atoms with Crippen LogP contribution in [0.15, 0.2) is 218 Å². The molecule has 0 N–H and O–H groups in total. The molecule has 2 aliphatic carbocycles. The SMILES string of the molecule is Cc1ccc2c(c1)B1c3cc4c(cc3N(c3ccccc3-c3ccccc3)c3cc(N5CCCC5)cc(c31)N2c1ccccc1-c1ccccc1)-c1ccccc1C41c2ccccc2-c2ccc(N3CCCC3)cc21. The third-order valence-corrected chi connectivity index (χ3v) is 17.8. The van der Waals surface area contributed by atoms with Gasteiger partial charge in [-0.3, -0.25) is 0 Å². The fourth-order valence-electron chi connectivity index (χ4n) is 14.6. The molecule has 0 radical (unpaired) electrons. The highest BCUT2D eigenvalue weighted by Crippen LogP contribution is 2.64. The molecule has 0 saturated carbocycles. The van der Waals surface area contributed by atoms with Crippen LogP contribution in [0.3, 0.4) is 0 Å². The maximum atomic E-state index is 2.71. The first-order valence-electron chi connectivity index (χ1n) is 27.3. The summed E-state index contributed by atoms with van der Waals surface area (Å²) >= 11 is 0. The summed E-state index contributed by atoms with van der Waals surface area (Å²) in [6, 6.07) is 84.2. The molecule has 10 aromatic carbocycles. The van der Waals surface area contributed by atoms with Gasteiger partial charge in [-0.1, -0.05) is 175 Å². The number of para-hydroxylation sites is 2. The summed E-state index contributed by atoms with van der Waals surface area (Å²) in [7, 11) is 0. The summed E-state index contributed by atoms with van der Waals surface area (Å²) in [5.41, 5.74) is 30.5. The van der Waals surface area contributed by atoms with Crippen molar-refractivity contribution in [1.82, 2.24) is 0 Å². The number of fused-ring (bicyclic) bond motifs is 14. The average molecular weight is 963 g/mol. The maximum absolute atomic E-state index is 2.71. The Balaban J connectivity index is 1.04. The Morgan fingerprint density at radius 3 is 1.43 bits per heavy atom. The average Bonchev–Trinajstić information content (AvgIpc) is 4.43. The van der Waals surface area contributed by atoms with E-state index < -0.39 is 5.41 Å². The van der Waals surface area contributed by atoms with Crippen molar-refractivity contribution < 1.29 is 0 Å². The molecule has 4 nitrogen and oxygen atoms in total. The normalized spacial score (nSPS) is 17.2. The third-order valence-electron chi connectivity index (χ3n) is 17.8. The number of anilines is 8. The van der Waals surface area contributed by atoms with E-state index >= 15 is 0 Å². The van der Waals surface area contributed by atoms with Gasteiger partial charge in [-0.2, -0.15) is 0 Å². The number of nitrogens with zero attached hydrogens (tertiary/aromatic N) is 4. The highest BCUT2D eigenvalue weighted by Gasteiger charge is 2.54. The minimum absolute atomic E-state index is 0.0640. The van der Waals surface area contributed by atoms with Gasteiger partial charge < -0.3 is 19.6 Å². The second kappa shape index (κ2) is 16.5. The molecule has 0 aromatic heterocycles. The molecule has 6 aliphatic rings. The predicted octanol–water partition coefficient (Wildman–Crippen LogP) is 15.0. The molecule has 2 saturated heterocycles. The van der Waals surface area contributed by atoms with E-state index in [4.69, 9.17) is 0 Å². The fraction of sp³-hybridized carbons (Fsp3) is 0.143. The molecule has 1 atom stereocenters. The molecular formula is C70H55BN4. The molecule has 1 spiro atoms. The van der Waals surface area contributed by atoms with Crippen molar-refractivity contribution in [2.24, 2.45) is 0 Å².